The third-order valence-electron chi connectivity index (χ3n) is 1.83. The lowest BCUT2D eigenvalue weighted by Gasteiger charge is -2.10. The molecular weight excluding hydrogens is 186 g/mol. The molecule has 1 saturated heterocycles. The lowest BCUT2D eigenvalue weighted by atomic mass is 10.3. The Morgan fingerprint density at radius 3 is 3.21 bits per heavy atom. The van der Waals surface area contributed by atoms with Gasteiger partial charge in [-0.3, -0.25) is 0 Å². The topological polar surface area (TPSA) is 99.1 Å². The molecule has 1 heterocycles. The first-order valence-electron chi connectivity index (χ1n) is 4.46. The van der Waals surface area contributed by atoms with Gasteiger partial charge in [0, 0.05) is 24.6 Å². The van der Waals surface area contributed by atoms with E-state index >= 15 is 0 Å². The Balaban J connectivity index is 2.06. The molecular formula is C7H13N5O2. The highest BCUT2D eigenvalue weighted by atomic mass is 16.5. The molecule has 0 spiro atoms. The van der Waals surface area contributed by atoms with Crippen molar-refractivity contribution < 1.29 is 9.53 Å². The zero-order valence-corrected chi connectivity index (χ0v) is 7.77. The minimum atomic E-state index is -0.242. The molecule has 1 unspecified atom stereocenters. The average Bonchev–Trinajstić information content (AvgIpc) is 2.65. The van der Waals surface area contributed by atoms with Gasteiger partial charge in [0.25, 0.3) is 0 Å². The van der Waals surface area contributed by atoms with Crippen molar-refractivity contribution in [1.82, 2.24) is 10.6 Å². The summed E-state index contributed by atoms with van der Waals surface area (Å²) in [7, 11) is 0. The molecule has 1 rings (SSSR count). The Kier molecular flexibility index (Phi) is 4.60. The summed E-state index contributed by atoms with van der Waals surface area (Å²) in [6, 6.07) is -0.136. The maximum absolute atomic E-state index is 11.1. The van der Waals surface area contributed by atoms with Crippen LogP contribution in [0.3, 0.4) is 0 Å². The number of hydrogen-bond donors (Lipinski definition) is 2. The highest BCUT2D eigenvalue weighted by Gasteiger charge is 2.16. The van der Waals surface area contributed by atoms with Gasteiger partial charge in [0.1, 0.15) is 0 Å². The molecule has 0 radical (unpaired) electrons. The molecule has 2 amide bonds. The first-order chi connectivity index (χ1) is 6.83. The van der Waals surface area contributed by atoms with Crippen LogP contribution < -0.4 is 10.6 Å². The molecule has 14 heavy (non-hydrogen) atoms. The zero-order valence-electron chi connectivity index (χ0n) is 7.77. The lowest BCUT2D eigenvalue weighted by Crippen LogP contribution is -2.43. The molecule has 1 atom stereocenters. The number of urea groups is 1. The van der Waals surface area contributed by atoms with Gasteiger partial charge in [-0.1, -0.05) is 5.11 Å². The summed E-state index contributed by atoms with van der Waals surface area (Å²) in [6.07, 6.45) is 0.851. The Morgan fingerprint density at radius 2 is 2.57 bits per heavy atom. The smallest absolute Gasteiger partial charge is 0.315 e. The second-order valence-corrected chi connectivity index (χ2v) is 2.92. The van der Waals surface area contributed by atoms with Crippen LogP contribution >= 0.6 is 0 Å². The fraction of sp³-hybridized carbons (Fsp3) is 0.857. The Bertz CT molecular complexity index is 232. The van der Waals surface area contributed by atoms with E-state index in [1.54, 1.807) is 0 Å². The quantitative estimate of drug-likeness (QED) is 0.296. The number of amides is 2. The van der Waals surface area contributed by atoms with Crippen LogP contribution in [0.4, 0.5) is 4.79 Å². The van der Waals surface area contributed by atoms with Crippen LogP contribution in [0.5, 0.6) is 0 Å². The third kappa shape index (κ3) is 3.97. The molecule has 0 aromatic rings. The molecule has 78 valence electrons. The van der Waals surface area contributed by atoms with Crippen molar-refractivity contribution in [3.8, 4) is 0 Å². The second-order valence-electron chi connectivity index (χ2n) is 2.92. The molecule has 0 bridgehead atoms. The first-order valence-corrected chi connectivity index (χ1v) is 4.46. The van der Waals surface area contributed by atoms with Gasteiger partial charge in [0.05, 0.1) is 12.6 Å². The highest BCUT2D eigenvalue weighted by Crippen LogP contribution is 2.02. The number of nitrogens with zero attached hydrogens (tertiary/aromatic N) is 3. The molecule has 0 aromatic heterocycles. The van der Waals surface area contributed by atoms with Crippen molar-refractivity contribution in [2.24, 2.45) is 5.11 Å². The first kappa shape index (κ1) is 10.6. The molecule has 1 aliphatic rings. The Hall–Kier alpha value is -1.46. The number of carbonyl (C=O) groups is 1. The molecule has 0 aromatic carbocycles. The molecule has 0 saturated carbocycles. The van der Waals surface area contributed by atoms with Crippen molar-refractivity contribution in [2.75, 3.05) is 26.3 Å². The molecule has 7 heteroatoms. The van der Waals surface area contributed by atoms with Crippen LogP contribution in [-0.2, 0) is 4.74 Å². The minimum absolute atomic E-state index is 0.106. The van der Waals surface area contributed by atoms with Crippen molar-refractivity contribution in [2.45, 2.75) is 12.5 Å². The second kappa shape index (κ2) is 6.06. The largest absolute Gasteiger partial charge is 0.379 e. The molecule has 0 aliphatic carbocycles. The predicted molar refractivity (Wildman–Crippen MR) is 49.8 cm³/mol. The molecule has 1 aliphatic heterocycles. The van der Waals surface area contributed by atoms with Gasteiger partial charge in [-0.2, -0.15) is 0 Å². The van der Waals surface area contributed by atoms with Crippen molar-refractivity contribution in [3.05, 3.63) is 10.4 Å². The van der Waals surface area contributed by atoms with E-state index in [9.17, 15) is 4.79 Å². The third-order valence-corrected chi connectivity index (χ3v) is 1.83. The maximum atomic E-state index is 11.1. The van der Waals surface area contributed by atoms with E-state index < -0.39 is 0 Å². The summed E-state index contributed by atoms with van der Waals surface area (Å²) in [5.74, 6) is 0. The summed E-state index contributed by atoms with van der Waals surface area (Å²) < 4.78 is 5.09. The summed E-state index contributed by atoms with van der Waals surface area (Å²) in [4.78, 5) is 13.7. The maximum Gasteiger partial charge on any atom is 0.315 e. The lowest BCUT2D eigenvalue weighted by molar-refractivity contribution is 0.188. The number of carbonyl (C=O) groups excluding carboxylic acids is 1. The fourth-order valence-corrected chi connectivity index (χ4v) is 1.15. The highest BCUT2D eigenvalue weighted by molar-refractivity contribution is 5.74. The van der Waals surface area contributed by atoms with E-state index in [-0.39, 0.29) is 18.6 Å². The number of azide groups is 1. The summed E-state index contributed by atoms with van der Waals surface area (Å²) >= 11 is 0. The predicted octanol–water partition coefficient (Wildman–Crippen LogP) is 0.385. The van der Waals surface area contributed by atoms with Crippen LogP contribution in [0.25, 0.3) is 10.4 Å². The van der Waals surface area contributed by atoms with E-state index in [2.05, 4.69) is 20.7 Å². The van der Waals surface area contributed by atoms with Gasteiger partial charge < -0.3 is 15.4 Å². The number of hydrogen-bond acceptors (Lipinski definition) is 3. The van der Waals surface area contributed by atoms with E-state index in [4.69, 9.17) is 10.3 Å². The van der Waals surface area contributed by atoms with Crippen LogP contribution in [0.2, 0.25) is 0 Å². The molecule has 2 N–H and O–H groups in total. The molecule has 1 fully saturated rings. The van der Waals surface area contributed by atoms with Crippen LogP contribution in [0, 0.1) is 0 Å². The van der Waals surface area contributed by atoms with Crippen molar-refractivity contribution in [3.63, 3.8) is 0 Å². The van der Waals surface area contributed by atoms with Gasteiger partial charge in [-0.15, -0.1) is 0 Å². The SMILES string of the molecule is [N-]=[N+]=NCCNC(=O)NC1CCOC1. The Morgan fingerprint density at radius 1 is 1.71 bits per heavy atom. The normalized spacial score (nSPS) is 19.9. The Labute approximate surface area is 81.4 Å². The van der Waals surface area contributed by atoms with Crippen molar-refractivity contribution in [1.29, 1.82) is 0 Å². The molecule has 7 nitrogen and oxygen atoms in total. The van der Waals surface area contributed by atoms with E-state index in [0.717, 1.165) is 6.42 Å². The van der Waals surface area contributed by atoms with Gasteiger partial charge in [0.15, 0.2) is 0 Å². The van der Waals surface area contributed by atoms with E-state index in [1.165, 1.54) is 0 Å². The average molecular weight is 199 g/mol. The van der Waals surface area contributed by atoms with Gasteiger partial charge in [-0.25, -0.2) is 4.79 Å². The number of rotatable bonds is 4. The standard InChI is InChI=1S/C7H13N5O2/c8-12-10-3-2-9-7(13)11-6-1-4-14-5-6/h6H,1-5H2,(H2,9,11,13). The zero-order chi connectivity index (χ0) is 10.2. The summed E-state index contributed by atoms with van der Waals surface area (Å²) in [5.41, 5.74) is 7.97. The van der Waals surface area contributed by atoms with Gasteiger partial charge in [-0.05, 0) is 12.0 Å². The monoisotopic (exact) mass is 199 g/mol. The fourth-order valence-electron chi connectivity index (χ4n) is 1.15. The van der Waals surface area contributed by atoms with Crippen LogP contribution in [0.1, 0.15) is 6.42 Å². The summed E-state index contributed by atoms with van der Waals surface area (Å²) in [5, 5.41) is 8.61. The number of ether oxygens (including phenoxy) is 1. The van der Waals surface area contributed by atoms with E-state index in [0.29, 0.717) is 19.8 Å². The van der Waals surface area contributed by atoms with E-state index in [1.807, 2.05) is 0 Å². The van der Waals surface area contributed by atoms with Gasteiger partial charge in [0.2, 0.25) is 0 Å². The number of nitrogens with one attached hydrogen (secondary N) is 2. The van der Waals surface area contributed by atoms with Crippen LogP contribution in [0.15, 0.2) is 5.11 Å². The minimum Gasteiger partial charge on any atom is -0.379 e. The van der Waals surface area contributed by atoms with Crippen LogP contribution in [-0.4, -0.2) is 38.4 Å². The van der Waals surface area contributed by atoms with Gasteiger partial charge >= 0.3 is 6.03 Å². The van der Waals surface area contributed by atoms with Crippen molar-refractivity contribution >= 4 is 6.03 Å². The summed E-state index contributed by atoms with van der Waals surface area (Å²) in [6.45, 7) is 1.89.